The summed E-state index contributed by atoms with van der Waals surface area (Å²) in [7, 11) is 2.55. The number of para-hydroxylation sites is 1. The van der Waals surface area contributed by atoms with Crippen LogP contribution in [0.4, 0.5) is 0 Å². The first-order valence-corrected chi connectivity index (χ1v) is 6.74. The Labute approximate surface area is 127 Å². The molecule has 5 heteroatoms. The zero-order chi connectivity index (χ0) is 15.7. The van der Waals surface area contributed by atoms with Gasteiger partial charge in [-0.2, -0.15) is 0 Å². The number of benzene rings is 2. The van der Waals surface area contributed by atoms with Crippen LogP contribution >= 0.6 is 0 Å². The second-order valence-corrected chi connectivity index (χ2v) is 4.83. The Morgan fingerprint density at radius 1 is 0.955 bits per heavy atom. The highest BCUT2D eigenvalue weighted by molar-refractivity contribution is 6.05. The molecule has 0 amide bonds. The highest BCUT2D eigenvalue weighted by Gasteiger charge is 2.28. The Balaban J connectivity index is 2.18. The molecule has 0 N–H and O–H groups in total. The van der Waals surface area contributed by atoms with Crippen molar-refractivity contribution in [1.82, 2.24) is 0 Å². The molecule has 2 aromatic carbocycles. The van der Waals surface area contributed by atoms with Crippen LogP contribution in [-0.4, -0.2) is 26.2 Å². The largest absolute Gasteiger partial charge is 0.465 e. The maximum Gasteiger partial charge on any atom is 0.339 e. The number of esters is 2. The van der Waals surface area contributed by atoms with Crippen LogP contribution in [0.15, 0.2) is 36.4 Å². The number of hydrogen-bond donors (Lipinski definition) is 0. The summed E-state index contributed by atoms with van der Waals surface area (Å²) in [5.41, 5.74) is 1.95. The van der Waals surface area contributed by atoms with E-state index in [1.807, 2.05) is 24.3 Å². The van der Waals surface area contributed by atoms with Gasteiger partial charge in [-0.3, -0.25) is 0 Å². The van der Waals surface area contributed by atoms with Gasteiger partial charge < -0.3 is 14.2 Å². The fourth-order valence-electron chi connectivity index (χ4n) is 2.57. The molecule has 5 nitrogen and oxygen atoms in total. The van der Waals surface area contributed by atoms with E-state index in [9.17, 15) is 9.59 Å². The summed E-state index contributed by atoms with van der Waals surface area (Å²) in [6.45, 7) is 0. The van der Waals surface area contributed by atoms with Gasteiger partial charge in [0.25, 0.3) is 0 Å². The van der Waals surface area contributed by atoms with E-state index >= 15 is 0 Å². The van der Waals surface area contributed by atoms with E-state index in [2.05, 4.69) is 0 Å². The first kappa shape index (κ1) is 14.1. The van der Waals surface area contributed by atoms with Crippen molar-refractivity contribution in [3.63, 3.8) is 0 Å². The lowest BCUT2D eigenvalue weighted by molar-refractivity contribution is 0.0554. The number of ether oxygens (including phenoxy) is 3. The zero-order valence-electron chi connectivity index (χ0n) is 12.2. The van der Waals surface area contributed by atoms with Crippen LogP contribution in [0, 0.1) is 0 Å². The molecular weight excluding hydrogens is 284 g/mol. The Bertz CT molecular complexity index is 764. The van der Waals surface area contributed by atoms with Gasteiger partial charge in [-0.05, 0) is 23.8 Å². The Morgan fingerprint density at radius 3 is 2.41 bits per heavy atom. The number of hydrogen-bond acceptors (Lipinski definition) is 5. The molecule has 0 unspecified atom stereocenters. The monoisotopic (exact) mass is 298 g/mol. The summed E-state index contributed by atoms with van der Waals surface area (Å²) < 4.78 is 15.4. The summed E-state index contributed by atoms with van der Waals surface area (Å²) in [5.74, 6) is 0.130. The zero-order valence-corrected chi connectivity index (χ0v) is 12.2. The number of rotatable bonds is 2. The van der Waals surface area contributed by atoms with Crippen LogP contribution in [0.5, 0.6) is 11.5 Å². The smallest absolute Gasteiger partial charge is 0.339 e. The third-order valence-electron chi connectivity index (χ3n) is 3.62. The maximum atomic E-state index is 12.2. The van der Waals surface area contributed by atoms with E-state index in [-0.39, 0.29) is 11.1 Å². The van der Waals surface area contributed by atoms with Crippen LogP contribution in [0.3, 0.4) is 0 Å². The number of fused-ring (bicyclic) bond motifs is 2. The Morgan fingerprint density at radius 2 is 1.68 bits per heavy atom. The van der Waals surface area contributed by atoms with Crippen LogP contribution in [0.25, 0.3) is 0 Å². The van der Waals surface area contributed by atoms with Crippen molar-refractivity contribution in [3.05, 3.63) is 58.7 Å². The molecule has 0 saturated carbocycles. The van der Waals surface area contributed by atoms with Gasteiger partial charge in [-0.25, -0.2) is 9.59 Å². The molecular formula is C17H14O5. The van der Waals surface area contributed by atoms with E-state index in [0.29, 0.717) is 17.7 Å². The molecule has 0 bridgehead atoms. The first-order chi connectivity index (χ1) is 10.7. The summed E-state index contributed by atoms with van der Waals surface area (Å²) in [5, 5.41) is 0. The van der Waals surface area contributed by atoms with E-state index in [4.69, 9.17) is 14.2 Å². The molecule has 0 fully saturated rings. The third kappa shape index (κ3) is 2.20. The van der Waals surface area contributed by atoms with Crippen LogP contribution < -0.4 is 4.74 Å². The molecule has 0 radical (unpaired) electrons. The number of methoxy groups -OCH3 is 2. The Kier molecular flexibility index (Phi) is 3.55. The van der Waals surface area contributed by atoms with Gasteiger partial charge in [0.1, 0.15) is 11.5 Å². The van der Waals surface area contributed by atoms with Gasteiger partial charge in [-0.15, -0.1) is 0 Å². The highest BCUT2D eigenvalue weighted by atomic mass is 16.5. The van der Waals surface area contributed by atoms with Crippen LogP contribution in [-0.2, 0) is 15.9 Å². The average molecular weight is 298 g/mol. The molecule has 0 atom stereocenters. The fourth-order valence-corrected chi connectivity index (χ4v) is 2.57. The minimum atomic E-state index is -0.583. The third-order valence-corrected chi connectivity index (χ3v) is 3.62. The van der Waals surface area contributed by atoms with Gasteiger partial charge in [0, 0.05) is 12.0 Å². The van der Waals surface area contributed by atoms with Gasteiger partial charge in [-0.1, -0.05) is 18.2 Å². The molecule has 2 aromatic rings. The molecule has 0 aliphatic carbocycles. The van der Waals surface area contributed by atoms with Crippen molar-refractivity contribution in [1.29, 1.82) is 0 Å². The molecule has 0 aromatic heterocycles. The van der Waals surface area contributed by atoms with Gasteiger partial charge in [0.2, 0.25) is 0 Å². The van der Waals surface area contributed by atoms with Crippen molar-refractivity contribution < 1.29 is 23.8 Å². The predicted octanol–water partition coefficient (Wildman–Crippen LogP) is 2.96. The van der Waals surface area contributed by atoms with Gasteiger partial charge in [0.05, 0.1) is 25.3 Å². The van der Waals surface area contributed by atoms with Crippen molar-refractivity contribution in [2.75, 3.05) is 14.2 Å². The fraction of sp³-hybridized carbons (Fsp3) is 0.176. The molecule has 0 spiro atoms. The van der Waals surface area contributed by atoms with Crippen LogP contribution in [0.1, 0.15) is 31.8 Å². The van der Waals surface area contributed by atoms with E-state index in [1.165, 1.54) is 20.3 Å². The molecule has 112 valence electrons. The second-order valence-electron chi connectivity index (χ2n) is 4.83. The van der Waals surface area contributed by atoms with Crippen molar-refractivity contribution in [2.24, 2.45) is 0 Å². The van der Waals surface area contributed by atoms with Crippen molar-refractivity contribution >= 4 is 11.9 Å². The SMILES string of the molecule is COC(=O)c1ccc2c(c1C(=O)OC)Cc1ccccc1O2. The summed E-state index contributed by atoms with van der Waals surface area (Å²) in [6.07, 6.45) is 0.487. The lowest BCUT2D eigenvalue weighted by Crippen LogP contribution is -2.17. The second kappa shape index (κ2) is 5.52. The highest BCUT2D eigenvalue weighted by Crippen LogP contribution is 2.39. The summed E-state index contributed by atoms with van der Waals surface area (Å²) in [6, 6.07) is 10.8. The van der Waals surface area contributed by atoms with E-state index in [1.54, 1.807) is 6.07 Å². The van der Waals surface area contributed by atoms with E-state index < -0.39 is 11.9 Å². The predicted molar refractivity (Wildman–Crippen MR) is 78.4 cm³/mol. The molecule has 0 saturated heterocycles. The molecule has 1 aliphatic heterocycles. The normalized spacial score (nSPS) is 11.7. The molecule has 22 heavy (non-hydrogen) atoms. The quantitative estimate of drug-likeness (QED) is 0.681. The average Bonchev–Trinajstić information content (AvgIpc) is 2.57. The summed E-state index contributed by atoms with van der Waals surface area (Å²) in [4.78, 5) is 24.1. The van der Waals surface area contributed by atoms with Crippen molar-refractivity contribution in [3.8, 4) is 11.5 Å². The van der Waals surface area contributed by atoms with Gasteiger partial charge in [0.15, 0.2) is 0 Å². The van der Waals surface area contributed by atoms with Crippen LogP contribution in [0.2, 0.25) is 0 Å². The minimum absolute atomic E-state index is 0.177. The number of carbonyl (C=O) groups is 2. The summed E-state index contributed by atoms with van der Waals surface area (Å²) >= 11 is 0. The standard InChI is InChI=1S/C17H14O5/c1-20-16(18)11-7-8-14-12(15(11)17(19)21-2)9-10-5-3-4-6-13(10)22-14/h3-8H,9H2,1-2H3. The molecule has 3 rings (SSSR count). The topological polar surface area (TPSA) is 61.8 Å². The maximum absolute atomic E-state index is 12.2. The Hall–Kier alpha value is -2.82. The van der Waals surface area contributed by atoms with Gasteiger partial charge >= 0.3 is 11.9 Å². The van der Waals surface area contributed by atoms with E-state index in [0.717, 1.165) is 11.3 Å². The lowest BCUT2D eigenvalue weighted by Gasteiger charge is -2.23. The molecule has 1 aliphatic rings. The number of carbonyl (C=O) groups excluding carboxylic acids is 2. The molecule has 1 heterocycles. The van der Waals surface area contributed by atoms with Crippen molar-refractivity contribution in [2.45, 2.75) is 6.42 Å². The minimum Gasteiger partial charge on any atom is -0.465 e. The lowest BCUT2D eigenvalue weighted by atomic mass is 9.92. The first-order valence-electron chi connectivity index (χ1n) is 6.74.